The van der Waals surface area contributed by atoms with Crippen LogP contribution in [-0.2, 0) is 9.47 Å². The Labute approximate surface area is 150 Å². The Kier molecular flexibility index (Phi) is 6.70. The number of nitrogens with zero attached hydrogens (tertiary/aromatic N) is 1. The van der Waals surface area contributed by atoms with Crippen LogP contribution in [0.2, 0.25) is 0 Å². The minimum Gasteiger partial charge on any atom is -0.381 e. The number of ether oxygens (including phenoxy) is 2. The standard InChI is InChI=1S/C20H30N2O3/c1-2-18-15-25-13-10-22(18)20(23)21-19(17-6-4-3-5-7-17)14-16-8-11-24-12-9-16/h3-7,16,18-19H,2,8-15H2,1H3,(H,21,23). The number of benzene rings is 1. The van der Waals surface area contributed by atoms with Crippen molar-refractivity contribution < 1.29 is 14.3 Å². The van der Waals surface area contributed by atoms with E-state index in [0.29, 0.717) is 25.7 Å². The van der Waals surface area contributed by atoms with Gasteiger partial charge in [0, 0.05) is 19.8 Å². The smallest absolute Gasteiger partial charge is 0.318 e. The molecule has 5 heteroatoms. The molecule has 0 saturated carbocycles. The molecule has 25 heavy (non-hydrogen) atoms. The third-order valence-corrected chi connectivity index (χ3v) is 5.37. The van der Waals surface area contributed by atoms with Gasteiger partial charge < -0.3 is 19.7 Å². The highest BCUT2D eigenvalue weighted by atomic mass is 16.5. The van der Waals surface area contributed by atoms with Gasteiger partial charge in [-0.05, 0) is 37.2 Å². The maximum Gasteiger partial charge on any atom is 0.318 e. The van der Waals surface area contributed by atoms with E-state index in [2.05, 4.69) is 24.4 Å². The van der Waals surface area contributed by atoms with Crippen molar-refractivity contribution in [1.29, 1.82) is 0 Å². The zero-order valence-corrected chi connectivity index (χ0v) is 15.2. The van der Waals surface area contributed by atoms with Gasteiger partial charge >= 0.3 is 6.03 Å². The Morgan fingerprint density at radius 1 is 1.20 bits per heavy atom. The lowest BCUT2D eigenvalue weighted by Gasteiger charge is -2.37. The van der Waals surface area contributed by atoms with Crippen LogP contribution in [-0.4, -0.2) is 49.9 Å². The molecular weight excluding hydrogens is 316 g/mol. The Balaban J connectivity index is 1.69. The average molecular weight is 346 g/mol. The summed E-state index contributed by atoms with van der Waals surface area (Å²) in [5.74, 6) is 0.603. The van der Waals surface area contributed by atoms with Crippen LogP contribution in [0.1, 0.15) is 44.2 Å². The van der Waals surface area contributed by atoms with Crippen molar-refractivity contribution in [3.05, 3.63) is 35.9 Å². The molecule has 0 radical (unpaired) electrons. The number of rotatable bonds is 5. The molecule has 2 saturated heterocycles. The maximum absolute atomic E-state index is 12.9. The number of carbonyl (C=O) groups is 1. The van der Waals surface area contributed by atoms with Crippen LogP contribution in [0.25, 0.3) is 0 Å². The maximum atomic E-state index is 12.9. The first-order chi connectivity index (χ1) is 12.3. The number of hydrogen-bond acceptors (Lipinski definition) is 3. The molecule has 3 rings (SSSR count). The zero-order valence-electron chi connectivity index (χ0n) is 15.2. The second-order valence-corrected chi connectivity index (χ2v) is 7.03. The van der Waals surface area contributed by atoms with Crippen LogP contribution in [0, 0.1) is 5.92 Å². The fourth-order valence-corrected chi connectivity index (χ4v) is 3.77. The molecule has 2 heterocycles. The van der Waals surface area contributed by atoms with E-state index in [4.69, 9.17) is 9.47 Å². The molecule has 2 fully saturated rings. The molecule has 0 bridgehead atoms. The van der Waals surface area contributed by atoms with Gasteiger partial charge in [-0.3, -0.25) is 0 Å². The largest absolute Gasteiger partial charge is 0.381 e. The molecule has 0 spiro atoms. The van der Waals surface area contributed by atoms with Crippen LogP contribution < -0.4 is 5.32 Å². The monoisotopic (exact) mass is 346 g/mol. The van der Waals surface area contributed by atoms with E-state index < -0.39 is 0 Å². The molecule has 2 aliphatic rings. The molecule has 2 aliphatic heterocycles. The highest BCUT2D eigenvalue weighted by Gasteiger charge is 2.29. The van der Waals surface area contributed by atoms with Crippen LogP contribution in [0.5, 0.6) is 0 Å². The van der Waals surface area contributed by atoms with Gasteiger partial charge in [0.1, 0.15) is 0 Å². The van der Waals surface area contributed by atoms with Gasteiger partial charge in [-0.1, -0.05) is 37.3 Å². The van der Waals surface area contributed by atoms with Crippen molar-refractivity contribution >= 4 is 6.03 Å². The Morgan fingerprint density at radius 2 is 1.96 bits per heavy atom. The van der Waals surface area contributed by atoms with Crippen molar-refractivity contribution in [1.82, 2.24) is 10.2 Å². The number of amides is 2. The highest BCUT2D eigenvalue weighted by Crippen LogP contribution is 2.28. The second kappa shape index (κ2) is 9.20. The predicted octanol–water partition coefficient (Wildman–Crippen LogP) is 3.36. The lowest BCUT2D eigenvalue weighted by Crippen LogP contribution is -2.53. The summed E-state index contributed by atoms with van der Waals surface area (Å²) in [6.07, 6.45) is 4.05. The first-order valence-electron chi connectivity index (χ1n) is 9.55. The first-order valence-corrected chi connectivity index (χ1v) is 9.55. The van der Waals surface area contributed by atoms with E-state index >= 15 is 0 Å². The molecule has 2 unspecified atom stereocenters. The zero-order chi connectivity index (χ0) is 17.5. The van der Waals surface area contributed by atoms with Crippen molar-refractivity contribution in [3.63, 3.8) is 0 Å². The third-order valence-electron chi connectivity index (χ3n) is 5.37. The summed E-state index contributed by atoms with van der Waals surface area (Å²) in [4.78, 5) is 14.9. The van der Waals surface area contributed by atoms with Crippen molar-refractivity contribution in [2.45, 2.75) is 44.7 Å². The van der Waals surface area contributed by atoms with Gasteiger partial charge in [0.2, 0.25) is 0 Å². The summed E-state index contributed by atoms with van der Waals surface area (Å²) in [5.41, 5.74) is 1.18. The lowest BCUT2D eigenvalue weighted by atomic mass is 9.89. The molecule has 1 aromatic rings. The van der Waals surface area contributed by atoms with Gasteiger partial charge in [-0.2, -0.15) is 0 Å². The summed E-state index contributed by atoms with van der Waals surface area (Å²) in [7, 11) is 0. The molecule has 1 aromatic carbocycles. The number of urea groups is 1. The van der Waals surface area contributed by atoms with E-state index in [-0.39, 0.29) is 18.1 Å². The number of morpholine rings is 1. The lowest BCUT2D eigenvalue weighted by molar-refractivity contribution is 0.0102. The number of carbonyl (C=O) groups excluding carboxylic acids is 1. The van der Waals surface area contributed by atoms with Gasteiger partial charge in [-0.25, -0.2) is 4.79 Å². The van der Waals surface area contributed by atoms with Crippen LogP contribution >= 0.6 is 0 Å². The second-order valence-electron chi connectivity index (χ2n) is 7.03. The number of nitrogens with one attached hydrogen (secondary N) is 1. The molecule has 138 valence electrons. The van der Waals surface area contributed by atoms with Crippen molar-refractivity contribution in [2.75, 3.05) is 33.0 Å². The quantitative estimate of drug-likeness (QED) is 0.889. The van der Waals surface area contributed by atoms with Gasteiger partial charge in [0.15, 0.2) is 0 Å². The highest BCUT2D eigenvalue weighted by molar-refractivity contribution is 5.75. The summed E-state index contributed by atoms with van der Waals surface area (Å²) < 4.78 is 11.0. The van der Waals surface area contributed by atoms with Gasteiger partial charge in [0.25, 0.3) is 0 Å². The third kappa shape index (κ3) is 4.95. The summed E-state index contributed by atoms with van der Waals surface area (Å²) in [5, 5.41) is 3.31. The fraction of sp³-hybridized carbons (Fsp3) is 0.650. The summed E-state index contributed by atoms with van der Waals surface area (Å²) in [6, 6.07) is 10.6. The Bertz CT molecular complexity index is 531. The molecule has 0 aliphatic carbocycles. The fourth-order valence-electron chi connectivity index (χ4n) is 3.77. The molecule has 5 nitrogen and oxygen atoms in total. The van der Waals surface area contributed by atoms with Crippen molar-refractivity contribution in [3.8, 4) is 0 Å². The molecule has 1 N–H and O–H groups in total. The van der Waals surface area contributed by atoms with Gasteiger partial charge in [0.05, 0.1) is 25.3 Å². The first kappa shape index (κ1) is 18.2. The van der Waals surface area contributed by atoms with Crippen LogP contribution in [0.4, 0.5) is 4.79 Å². The van der Waals surface area contributed by atoms with E-state index in [1.54, 1.807) is 0 Å². The predicted molar refractivity (Wildman–Crippen MR) is 97.5 cm³/mol. The van der Waals surface area contributed by atoms with Gasteiger partial charge in [-0.15, -0.1) is 0 Å². The minimum atomic E-state index is 0.0380. The molecular formula is C20H30N2O3. The van der Waals surface area contributed by atoms with E-state index in [9.17, 15) is 4.79 Å². The summed E-state index contributed by atoms with van der Waals surface area (Å²) in [6.45, 7) is 5.71. The van der Waals surface area contributed by atoms with Crippen molar-refractivity contribution in [2.24, 2.45) is 5.92 Å². The van der Waals surface area contributed by atoms with E-state index in [0.717, 1.165) is 38.9 Å². The Hall–Kier alpha value is -1.59. The Morgan fingerprint density at radius 3 is 2.68 bits per heavy atom. The number of hydrogen-bond donors (Lipinski definition) is 1. The summed E-state index contributed by atoms with van der Waals surface area (Å²) >= 11 is 0. The topological polar surface area (TPSA) is 50.8 Å². The molecule has 0 aromatic heterocycles. The van der Waals surface area contributed by atoms with E-state index in [1.807, 2.05) is 23.1 Å². The normalized spacial score (nSPS) is 23.2. The van der Waals surface area contributed by atoms with E-state index in [1.165, 1.54) is 5.56 Å². The SMILES string of the molecule is CCC1COCCN1C(=O)NC(CC1CCOCC1)c1ccccc1. The molecule has 2 atom stereocenters. The minimum absolute atomic E-state index is 0.0380. The molecule has 2 amide bonds. The average Bonchev–Trinajstić information content (AvgIpc) is 2.69. The van der Waals surface area contributed by atoms with Crippen LogP contribution in [0.3, 0.4) is 0 Å². The van der Waals surface area contributed by atoms with Crippen LogP contribution in [0.15, 0.2) is 30.3 Å².